The van der Waals surface area contributed by atoms with E-state index < -0.39 is 0 Å². The van der Waals surface area contributed by atoms with Crippen molar-refractivity contribution in [2.75, 3.05) is 0 Å². The van der Waals surface area contributed by atoms with Crippen LogP contribution in [-0.4, -0.2) is 0 Å². The summed E-state index contributed by atoms with van der Waals surface area (Å²) in [6.45, 7) is 8.00. The Kier molecular flexibility index (Phi) is 100000. The van der Waals surface area contributed by atoms with Crippen molar-refractivity contribution in [1.82, 2.24) is 0 Å². The van der Waals surface area contributed by atoms with E-state index in [0.29, 0.717) is 0 Å². The summed E-state index contributed by atoms with van der Waals surface area (Å²) in [5.41, 5.74) is 0. The Hall–Kier alpha value is -0.0700. The SMILES string of the molecule is C.CC.CC.F.[2HH]. The van der Waals surface area contributed by atoms with Crippen LogP contribution in [0, 0.1) is 0 Å². The molecule has 0 bridgehead atoms. The maximum absolute atomic E-state index is 2.00. The molecule has 0 aromatic carbocycles. The zero-order chi connectivity index (χ0) is 4.00. The van der Waals surface area contributed by atoms with Gasteiger partial charge in [0.15, 0.2) is 0 Å². The third-order valence-electron chi connectivity index (χ3n) is 0. The Morgan fingerprint density at radius 3 is 0.833 bits per heavy atom. The van der Waals surface area contributed by atoms with Gasteiger partial charge in [0.25, 0.3) is 0 Å². The van der Waals surface area contributed by atoms with E-state index in [-0.39, 0.29) is 13.6 Å². The third-order valence-corrected chi connectivity index (χ3v) is 0. The molecule has 0 N–H and O–H groups in total. The Balaban J connectivity index is -0.00000000267. The van der Waals surface area contributed by atoms with E-state index in [4.69, 9.17) is 0 Å². The van der Waals surface area contributed by atoms with Crippen molar-refractivity contribution in [3.8, 4) is 0 Å². The minimum Gasteiger partial charge on any atom is -0.269 e. The molecule has 0 atom stereocenters. The Morgan fingerprint density at radius 1 is 0.833 bits per heavy atom. The third kappa shape index (κ3) is 6890. The second-order valence-electron chi connectivity index (χ2n) is 0. The quantitative estimate of drug-likeness (QED) is 0.438. The summed E-state index contributed by atoms with van der Waals surface area (Å²) in [4.78, 5) is 0. The highest BCUT2D eigenvalue weighted by atomic mass is 19.0. The molecular formula is C5H19F. The van der Waals surface area contributed by atoms with Crippen molar-refractivity contribution in [2.45, 2.75) is 35.1 Å². The van der Waals surface area contributed by atoms with E-state index in [1.165, 1.54) is 0 Å². The first-order valence-electron chi connectivity index (χ1n) is 2.00. The first-order valence-corrected chi connectivity index (χ1v) is 2.00. The Labute approximate surface area is 42.4 Å². The van der Waals surface area contributed by atoms with Crippen molar-refractivity contribution >= 4 is 0 Å². The van der Waals surface area contributed by atoms with Crippen molar-refractivity contribution in [2.24, 2.45) is 0 Å². The maximum Gasteiger partial charge on any atom is 0 e. The van der Waals surface area contributed by atoms with Gasteiger partial charge in [-0.3, -0.25) is 4.70 Å². The smallest absolute Gasteiger partial charge is 0 e. The van der Waals surface area contributed by atoms with E-state index in [9.17, 15) is 0 Å². The monoisotopic (exact) mass is 99.2 g/mol. The van der Waals surface area contributed by atoms with Gasteiger partial charge in [0.05, 0.1) is 0 Å². The molecule has 0 spiro atoms. The molecule has 0 rings (SSSR count). The molecule has 0 amide bonds. The molecule has 0 radical (unpaired) electrons. The fourth-order valence-corrected chi connectivity index (χ4v) is 0. The lowest BCUT2D eigenvalue weighted by Crippen LogP contribution is -0.856. The summed E-state index contributed by atoms with van der Waals surface area (Å²) < 4.78 is 0. The molecule has 0 aliphatic heterocycles. The highest BCUT2D eigenvalue weighted by Crippen LogP contribution is 1.15. The normalized spacial score (nSPS) is 2.00. The van der Waals surface area contributed by atoms with Crippen LogP contribution in [0.4, 0.5) is 4.70 Å². The lowest BCUT2D eigenvalue weighted by Gasteiger charge is -1.07. The lowest BCUT2D eigenvalue weighted by molar-refractivity contribution is 1.11. The highest BCUT2D eigenvalue weighted by Gasteiger charge is 0.934. The first-order chi connectivity index (χ1) is 2.00. The maximum atomic E-state index is 2.00. The lowest BCUT2D eigenvalue weighted by atomic mass is 11.0. The molecule has 1 heteroatoms. The predicted molar refractivity (Wildman–Crippen MR) is 34.0 cm³/mol. The molecule has 0 saturated heterocycles. The number of hydrogen-bond acceptors (Lipinski definition) is 0. The molecular weight excluding hydrogens is 79.1 g/mol. The van der Waals surface area contributed by atoms with Crippen molar-refractivity contribution in [3.05, 3.63) is 0 Å². The minimum atomic E-state index is 0. The summed E-state index contributed by atoms with van der Waals surface area (Å²) in [5.74, 6) is 0. The molecule has 0 aromatic heterocycles. The topological polar surface area (TPSA) is 0 Å². The van der Waals surface area contributed by atoms with E-state index >= 15 is 0 Å². The van der Waals surface area contributed by atoms with Crippen molar-refractivity contribution in [1.29, 1.82) is 0 Å². The molecule has 0 aromatic rings. The van der Waals surface area contributed by atoms with Gasteiger partial charge >= 0.3 is 0 Å². The van der Waals surface area contributed by atoms with Gasteiger partial charge in [-0.1, -0.05) is 35.1 Å². The summed E-state index contributed by atoms with van der Waals surface area (Å²) in [6.07, 6.45) is 0. The standard InChI is InChI=1S/2C2H6.CH4.FH.H2/c2*1-2;;;/h2*1-2H3;1H4;2*1H/i;;;;1+1. The Bertz CT molecular complexity index is 8.04. The summed E-state index contributed by atoms with van der Waals surface area (Å²) in [5, 5.41) is 0. The molecule has 0 unspecified atom stereocenters. The van der Waals surface area contributed by atoms with Crippen LogP contribution >= 0.6 is 0 Å². The van der Waals surface area contributed by atoms with Gasteiger partial charge in [0.1, 0.15) is 0 Å². The van der Waals surface area contributed by atoms with Gasteiger partial charge in [-0.15, -0.1) is 0 Å². The molecule has 0 saturated carbocycles. The first kappa shape index (κ1) is 38.7. The molecule has 46 valence electrons. The van der Waals surface area contributed by atoms with Gasteiger partial charge < -0.3 is 0 Å². The van der Waals surface area contributed by atoms with Gasteiger partial charge in [0.2, 0.25) is 0 Å². The fraction of sp³-hybridized carbons (Fsp3) is 1.00. The molecule has 0 heterocycles. The molecule has 6 heavy (non-hydrogen) atoms. The largest absolute Gasteiger partial charge is 0.269 e. The van der Waals surface area contributed by atoms with Crippen LogP contribution in [0.1, 0.15) is 36.5 Å². The van der Waals surface area contributed by atoms with Crippen molar-refractivity contribution < 1.29 is 6.13 Å². The van der Waals surface area contributed by atoms with Crippen LogP contribution in [-0.2, 0) is 0 Å². The van der Waals surface area contributed by atoms with Crippen LogP contribution < -0.4 is 0 Å². The average molecular weight is 99.2 g/mol. The molecule has 0 aliphatic rings. The van der Waals surface area contributed by atoms with Crippen molar-refractivity contribution in [3.63, 3.8) is 0 Å². The second kappa shape index (κ2) is 15500. The highest BCUT2D eigenvalue weighted by molar-refractivity contribution is 3.51. The predicted octanol–water partition coefficient (Wildman–Crippen LogP) is 3.09. The number of rotatable bonds is 0. The second-order valence-corrected chi connectivity index (χ2v) is 0. The summed E-state index contributed by atoms with van der Waals surface area (Å²) >= 11 is 0. The van der Waals surface area contributed by atoms with Crippen LogP contribution in [0.3, 0.4) is 0 Å². The number of halogens is 1. The number of hydrogen-bond donors (Lipinski definition) is 0. The van der Waals surface area contributed by atoms with E-state index in [1.807, 2.05) is 27.7 Å². The van der Waals surface area contributed by atoms with Crippen LogP contribution in [0.15, 0.2) is 0 Å². The Morgan fingerprint density at radius 2 is 0.833 bits per heavy atom. The van der Waals surface area contributed by atoms with Gasteiger partial charge in [0, 0.05) is 1.43 Å². The van der Waals surface area contributed by atoms with Crippen LogP contribution in [0.2, 0.25) is 0 Å². The van der Waals surface area contributed by atoms with Crippen LogP contribution in [0.5, 0.6) is 0 Å². The van der Waals surface area contributed by atoms with Gasteiger partial charge in [-0.2, -0.15) is 0 Å². The summed E-state index contributed by atoms with van der Waals surface area (Å²) in [7, 11) is 0. The van der Waals surface area contributed by atoms with E-state index in [2.05, 4.69) is 0 Å². The fourth-order valence-electron chi connectivity index (χ4n) is 0. The van der Waals surface area contributed by atoms with E-state index in [0.717, 1.165) is 0 Å². The molecule has 0 fully saturated rings. The average Bonchev–Trinajstić information content (AvgIpc) is 1.50. The zero-order valence-corrected chi connectivity index (χ0v) is 4.41. The van der Waals surface area contributed by atoms with Gasteiger partial charge in [-0.25, -0.2) is 0 Å². The van der Waals surface area contributed by atoms with Gasteiger partial charge in [-0.05, 0) is 0 Å². The summed E-state index contributed by atoms with van der Waals surface area (Å²) in [6, 6.07) is 0. The molecule has 0 aliphatic carbocycles. The van der Waals surface area contributed by atoms with Crippen LogP contribution in [0.25, 0.3) is 0 Å². The molecule has 0 nitrogen and oxygen atoms in total. The zero-order valence-electron chi connectivity index (χ0n) is 4.41. The van der Waals surface area contributed by atoms with E-state index in [1.54, 1.807) is 0 Å². The minimum absolute atomic E-state index is 0.